The van der Waals surface area contributed by atoms with Crippen LogP contribution in [0.3, 0.4) is 0 Å². The van der Waals surface area contributed by atoms with E-state index in [2.05, 4.69) is 5.16 Å². The maximum atomic E-state index is 8.45. The fraction of sp³-hybridized carbons (Fsp3) is 0.800. The van der Waals surface area contributed by atoms with Gasteiger partial charge in [0, 0.05) is 5.92 Å². The third-order valence-corrected chi connectivity index (χ3v) is 1.34. The van der Waals surface area contributed by atoms with Gasteiger partial charge in [0.05, 0.1) is 12.3 Å². The number of rotatable bonds is 2. The van der Waals surface area contributed by atoms with E-state index in [4.69, 9.17) is 10.3 Å². The van der Waals surface area contributed by atoms with Crippen molar-refractivity contribution in [1.82, 2.24) is 0 Å². The average Bonchev–Trinajstić information content (AvgIpc) is 2.53. The Bertz CT molecular complexity index is 107. The SMILES string of the molecule is OCC(=NO)C1CC1. The smallest absolute Gasteiger partial charge is 0.0855 e. The van der Waals surface area contributed by atoms with Crippen molar-refractivity contribution >= 4 is 5.71 Å². The second-order valence-electron chi connectivity index (χ2n) is 2.02. The van der Waals surface area contributed by atoms with Gasteiger partial charge in [0.1, 0.15) is 0 Å². The van der Waals surface area contributed by atoms with Crippen LogP contribution in [0.5, 0.6) is 0 Å². The van der Waals surface area contributed by atoms with Crippen LogP contribution in [0.15, 0.2) is 5.16 Å². The predicted octanol–water partition coefficient (Wildman–Crippen LogP) is 0.219. The summed E-state index contributed by atoms with van der Waals surface area (Å²) < 4.78 is 0. The zero-order chi connectivity index (χ0) is 5.98. The molecule has 0 atom stereocenters. The van der Waals surface area contributed by atoms with Crippen LogP contribution in [0.2, 0.25) is 0 Å². The van der Waals surface area contributed by atoms with Crippen LogP contribution < -0.4 is 0 Å². The summed E-state index contributed by atoms with van der Waals surface area (Å²) in [6, 6.07) is 0. The highest BCUT2D eigenvalue weighted by molar-refractivity contribution is 5.89. The molecule has 0 aromatic carbocycles. The molecule has 1 fully saturated rings. The van der Waals surface area contributed by atoms with Gasteiger partial charge in [-0.25, -0.2) is 0 Å². The first-order valence-corrected chi connectivity index (χ1v) is 2.70. The van der Waals surface area contributed by atoms with Gasteiger partial charge in [0.2, 0.25) is 0 Å². The number of nitrogens with zero attached hydrogens (tertiary/aromatic N) is 1. The molecule has 0 aromatic rings. The molecule has 46 valence electrons. The molecule has 0 saturated heterocycles. The van der Waals surface area contributed by atoms with E-state index >= 15 is 0 Å². The molecule has 1 rings (SSSR count). The number of aliphatic hydroxyl groups excluding tert-OH is 1. The van der Waals surface area contributed by atoms with Gasteiger partial charge in [-0.2, -0.15) is 0 Å². The maximum Gasteiger partial charge on any atom is 0.0855 e. The molecule has 0 spiro atoms. The van der Waals surface area contributed by atoms with Crippen molar-refractivity contribution < 1.29 is 10.3 Å². The molecule has 0 aliphatic heterocycles. The zero-order valence-corrected chi connectivity index (χ0v) is 4.54. The fourth-order valence-corrected chi connectivity index (χ4v) is 0.659. The normalized spacial score (nSPS) is 21.4. The van der Waals surface area contributed by atoms with E-state index in [0.29, 0.717) is 11.6 Å². The van der Waals surface area contributed by atoms with Crippen molar-refractivity contribution in [2.24, 2.45) is 11.1 Å². The zero-order valence-electron chi connectivity index (χ0n) is 4.54. The summed E-state index contributed by atoms with van der Waals surface area (Å²) in [6.07, 6.45) is 2.14. The van der Waals surface area contributed by atoms with Crippen LogP contribution >= 0.6 is 0 Å². The first kappa shape index (κ1) is 5.56. The topological polar surface area (TPSA) is 52.8 Å². The lowest BCUT2D eigenvalue weighted by molar-refractivity contribution is 0.299. The van der Waals surface area contributed by atoms with Crippen molar-refractivity contribution in [3.63, 3.8) is 0 Å². The number of oxime groups is 1. The van der Waals surface area contributed by atoms with Crippen molar-refractivity contribution in [3.05, 3.63) is 0 Å². The molecule has 1 saturated carbocycles. The van der Waals surface area contributed by atoms with E-state index in [1.54, 1.807) is 0 Å². The minimum absolute atomic E-state index is 0.0961. The Balaban J connectivity index is 2.37. The molecular weight excluding hydrogens is 106 g/mol. The van der Waals surface area contributed by atoms with Gasteiger partial charge in [-0.05, 0) is 12.8 Å². The van der Waals surface area contributed by atoms with Gasteiger partial charge in [0.15, 0.2) is 0 Å². The van der Waals surface area contributed by atoms with Gasteiger partial charge in [-0.1, -0.05) is 5.16 Å². The first-order chi connectivity index (χ1) is 3.88. The summed E-state index contributed by atoms with van der Waals surface area (Å²) in [6.45, 7) is -0.0961. The highest BCUT2D eigenvalue weighted by Crippen LogP contribution is 2.30. The summed E-state index contributed by atoms with van der Waals surface area (Å²) in [7, 11) is 0. The van der Waals surface area contributed by atoms with Gasteiger partial charge in [-0.15, -0.1) is 0 Å². The molecular formula is C5H9NO2. The predicted molar refractivity (Wildman–Crippen MR) is 29.0 cm³/mol. The van der Waals surface area contributed by atoms with E-state index in [1.165, 1.54) is 0 Å². The number of aliphatic hydroxyl groups is 1. The Morgan fingerprint density at radius 3 is 2.38 bits per heavy atom. The third-order valence-electron chi connectivity index (χ3n) is 1.34. The van der Waals surface area contributed by atoms with Crippen molar-refractivity contribution in [2.45, 2.75) is 12.8 Å². The van der Waals surface area contributed by atoms with E-state index < -0.39 is 0 Å². The summed E-state index contributed by atoms with van der Waals surface area (Å²) in [4.78, 5) is 0. The fourth-order valence-electron chi connectivity index (χ4n) is 0.659. The van der Waals surface area contributed by atoms with Crippen LogP contribution in [-0.4, -0.2) is 22.6 Å². The monoisotopic (exact) mass is 115 g/mol. The molecule has 0 radical (unpaired) electrons. The Morgan fingerprint density at radius 2 is 2.25 bits per heavy atom. The Morgan fingerprint density at radius 1 is 1.62 bits per heavy atom. The maximum absolute atomic E-state index is 8.45. The van der Waals surface area contributed by atoms with Gasteiger partial charge >= 0.3 is 0 Å². The second-order valence-corrected chi connectivity index (χ2v) is 2.02. The molecule has 2 N–H and O–H groups in total. The molecule has 0 unspecified atom stereocenters. The van der Waals surface area contributed by atoms with Crippen molar-refractivity contribution in [3.8, 4) is 0 Å². The van der Waals surface area contributed by atoms with Crippen molar-refractivity contribution in [1.29, 1.82) is 0 Å². The molecule has 3 heteroatoms. The lowest BCUT2D eigenvalue weighted by atomic mass is 10.3. The van der Waals surface area contributed by atoms with E-state index in [0.717, 1.165) is 12.8 Å². The molecule has 1 aliphatic carbocycles. The number of hydrogen-bond acceptors (Lipinski definition) is 3. The molecule has 0 amide bonds. The van der Waals surface area contributed by atoms with Crippen molar-refractivity contribution in [2.75, 3.05) is 6.61 Å². The van der Waals surface area contributed by atoms with Gasteiger partial charge in [-0.3, -0.25) is 0 Å². The lowest BCUT2D eigenvalue weighted by Gasteiger charge is -1.91. The lowest BCUT2D eigenvalue weighted by Crippen LogP contribution is -2.05. The molecule has 1 aliphatic rings. The van der Waals surface area contributed by atoms with Crippen LogP contribution in [-0.2, 0) is 0 Å². The molecule has 0 aromatic heterocycles. The summed E-state index contributed by atoms with van der Waals surface area (Å²) >= 11 is 0. The van der Waals surface area contributed by atoms with Gasteiger partial charge < -0.3 is 10.3 Å². The Kier molecular flexibility index (Phi) is 1.48. The minimum Gasteiger partial charge on any atom is -0.411 e. The summed E-state index contributed by atoms with van der Waals surface area (Å²) in [5.41, 5.74) is 0.532. The van der Waals surface area contributed by atoms with Crippen LogP contribution in [0.25, 0.3) is 0 Å². The Hall–Kier alpha value is -0.570. The van der Waals surface area contributed by atoms with Crippen LogP contribution in [0.4, 0.5) is 0 Å². The third kappa shape index (κ3) is 0.980. The first-order valence-electron chi connectivity index (χ1n) is 2.70. The van der Waals surface area contributed by atoms with E-state index in [9.17, 15) is 0 Å². The molecule has 8 heavy (non-hydrogen) atoms. The van der Waals surface area contributed by atoms with E-state index in [-0.39, 0.29) is 6.61 Å². The largest absolute Gasteiger partial charge is 0.411 e. The Labute approximate surface area is 47.6 Å². The molecule has 0 heterocycles. The van der Waals surface area contributed by atoms with Gasteiger partial charge in [0.25, 0.3) is 0 Å². The summed E-state index contributed by atoms with van der Waals surface area (Å²) in [5, 5.41) is 19.5. The van der Waals surface area contributed by atoms with Crippen LogP contribution in [0, 0.1) is 5.92 Å². The molecule has 0 bridgehead atoms. The average molecular weight is 115 g/mol. The van der Waals surface area contributed by atoms with E-state index in [1.807, 2.05) is 0 Å². The highest BCUT2D eigenvalue weighted by Gasteiger charge is 2.27. The second kappa shape index (κ2) is 2.13. The highest BCUT2D eigenvalue weighted by atomic mass is 16.4. The number of hydrogen-bond donors (Lipinski definition) is 2. The summed E-state index contributed by atoms with van der Waals surface area (Å²) in [5.74, 6) is 0.380. The quantitative estimate of drug-likeness (QED) is 0.307. The molecule has 3 nitrogen and oxygen atoms in total. The minimum atomic E-state index is -0.0961. The van der Waals surface area contributed by atoms with Crippen LogP contribution in [0.1, 0.15) is 12.8 Å². The standard InChI is InChI=1S/C5H9NO2/c7-3-5(6-8)4-1-2-4/h4,7-8H,1-3H2.